The van der Waals surface area contributed by atoms with Crippen molar-refractivity contribution in [2.45, 2.75) is 19.4 Å². The van der Waals surface area contributed by atoms with E-state index in [1.807, 2.05) is 11.3 Å². The highest BCUT2D eigenvalue weighted by molar-refractivity contribution is 7.12. The highest BCUT2D eigenvalue weighted by Crippen LogP contribution is 2.32. The van der Waals surface area contributed by atoms with E-state index in [0.29, 0.717) is 5.92 Å². The minimum absolute atomic E-state index is 0.260. The van der Waals surface area contributed by atoms with Crippen LogP contribution in [0.15, 0.2) is 12.1 Å². The zero-order valence-electron chi connectivity index (χ0n) is 8.32. The van der Waals surface area contributed by atoms with Gasteiger partial charge in [0.15, 0.2) is 0 Å². The summed E-state index contributed by atoms with van der Waals surface area (Å²) in [5.41, 5.74) is 2.90. The fourth-order valence-electron chi connectivity index (χ4n) is 1.89. The summed E-state index contributed by atoms with van der Waals surface area (Å²) in [7, 11) is 0. The van der Waals surface area contributed by atoms with Gasteiger partial charge in [-0.05, 0) is 25.5 Å². The number of hydrogen-bond acceptors (Lipinski definition) is 4. The van der Waals surface area contributed by atoms with Crippen LogP contribution in [0.1, 0.15) is 22.2 Å². The second-order valence-electron chi connectivity index (χ2n) is 3.72. The topological polar surface area (TPSA) is 47.3 Å². The number of aryl methyl sites for hydroxylation is 1. The highest BCUT2D eigenvalue weighted by Gasteiger charge is 2.26. The summed E-state index contributed by atoms with van der Waals surface area (Å²) in [5.74, 6) is 6.12. The lowest BCUT2D eigenvalue weighted by Gasteiger charge is -2.19. The molecule has 3 nitrogen and oxygen atoms in total. The van der Waals surface area contributed by atoms with E-state index >= 15 is 0 Å². The molecule has 3 N–H and O–H groups in total. The van der Waals surface area contributed by atoms with E-state index in [4.69, 9.17) is 10.6 Å². The van der Waals surface area contributed by atoms with Crippen LogP contribution in [0.25, 0.3) is 0 Å². The average molecular weight is 212 g/mol. The van der Waals surface area contributed by atoms with E-state index in [-0.39, 0.29) is 6.04 Å². The smallest absolute Gasteiger partial charge is 0.0604 e. The van der Waals surface area contributed by atoms with Crippen LogP contribution in [0.4, 0.5) is 0 Å². The third kappa shape index (κ3) is 1.98. The van der Waals surface area contributed by atoms with Crippen LogP contribution in [0.3, 0.4) is 0 Å². The van der Waals surface area contributed by atoms with Crippen LogP contribution < -0.4 is 11.3 Å². The molecule has 1 saturated heterocycles. The van der Waals surface area contributed by atoms with Gasteiger partial charge in [0.1, 0.15) is 0 Å². The summed E-state index contributed by atoms with van der Waals surface area (Å²) in [5, 5.41) is 0. The Hall–Kier alpha value is -0.420. The van der Waals surface area contributed by atoms with Crippen molar-refractivity contribution in [1.29, 1.82) is 0 Å². The van der Waals surface area contributed by atoms with E-state index in [9.17, 15) is 0 Å². The average Bonchev–Trinajstić information content (AvgIpc) is 2.79. The molecule has 1 fully saturated rings. The molecule has 0 saturated carbocycles. The number of nitrogens with two attached hydrogens (primary N) is 1. The molecule has 4 heteroatoms. The van der Waals surface area contributed by atoms with Crippen molar-refractivity contribution in [3.63, 3.8) is 0 Å². The van der Waals surface area contributed by atoms with Crippen LogP contribution in [0.5, 0.6) is 0 Å². The van der Waals surface area contributed by atoms with Crippen LogP contribution in [-0.4, -0.2) is 13.2 Å². The van der Waals surface area contributed by atoms with Gasteiger partial charge in [-0.2, -0.15) is 0 Å². The predicted octanol–water partition coefficient (Wildman–Crippen LogP) is 1.60. The van der Waals surface area contributed by atoms with E-state index in [1.54, 1.807) is 0 Å². The molecule has 14 heavy (non-hydrogen) atoms. The molecular weight excluding hydrogens is 196 g/mol. The molecule has 0 spiro atoms. The van der Waals surface area contributed by atoms with Gasteiger partial charge in [-0.15, -0.1) is 11.3 Å². The summed E-state index contributed by atoms with van der Waals surface area (Å²) in [6.45, 7) is 3.81. The summed E-state index contributed by atoms with van der Waals surface area (Å²) < 4.78 is 5.38. The molecule has 2 atom stereocenters. The Morgan fingerprint density at radius 2 is 2.50 bits per heavy atom. The number of hydrazine groups is 1. The Labute approximate surface area is 88.2 Å². The fraction of sp³-hybridized carbons (Fsp3) is 0.600. The van der Waals surface area contributed by atoms with Gasteiger partial charge >= 0.3 is 0 Å². The first-order chi connectivity index (χ1) is 6.81. The maximum atomic E-state index is 5.59. The third-order valence-electron chi connectivity index (χ3n) is 2.68. The Morgan fingerprint density at radius 3 is 3.00 bits per heavy atom. The van der Waals surface area contributed by atoms with Crippen molar-refractivity contribution in [2.24, 2.45) is 11.8 Å². The second kappa shape index (κ2) is 4.40. The van der Waals surface area contributed by atoms with Crippen molar-refractivity contribution in [2.75, 3.05) is 13.2 Å². The molecule has 0 radical (unpaired) electrons. The fourth-order valence-corrected chi connectivity index (χ4v) is 2.92. The molecule has 0 aliphatic carbocycles. The normalized spacial score (nSPS) is 24.0. The molecule has 1 aromatic heterocycles. The number of thiophene rings is 1. The monoisotopic (exact) mass is 212 g/mol. The van der Waals surface area contributed by atoms with E-state index in [2.05, 4.69) is 24.5 Å². The minimum Gasteiger partial charge on any atom is -0.381 e. The van der Waals surface area contributed by atoms with Crippen LogP contribution in [-0.2, 0) is 4.74 Å². The van der Waals surface area contributed by atoms with Gasteiger partial charge in [0.25, 0.3) is 0 Å². The van der Waals surface area contributed by atoms with Gasteiger partial charge in [0.05, 0.1) is 12.6 Å². The first-order valence-corrected chi connectivity index (χ1v) is 5.73. The first-order valence-electron chi connectivity index (χ1n) is 4.91. The Balaban J connectivity index is 2.12. The van der Waals surface area contributed by atoms with Crippen molar-refractivity contribution in [3.05, 3.63) is 21.9 Å². The van der Waals surface area contributed by atoms with E-state index < -0.39 is 0 Å². The molecule has 0 aromatic carbocycles. The molecule has 0 bridgehead atoms. The zero-order valence-corrected chi connectivity index (χ0v) is 9.14. The molecule has 2 heterocycles. The summed E-state index contributed by atoms with van der Waals surface area (Å²) in [6.07, 6.45) is 1.10. The van der Waals surface area contributed by atoms with Gasteiger partial charge in [-0.3, -0.25) is 11.3 Å². The lowest BCUT2D eigenvalue weighted by Crippen LogP contribution is -2.33. The lowest BCUT2D eigenvalue weighted by atomic mass is 9.98. The van der Waals surface area contributed by atoms with Gasteiger partial charge < -0.3 is 4.74 Å². The first kappa shape index (κ1) is 10.1. The molecule has 1 aliphatic rings. The maximum absolute atomic E-state index is 5.59. The number of hydrogen-bond donors (Lipinski definition) is 2. The largest absolute Gasteiger partial charge is 0.381 e. The van der Waals surface area contributed by atoms with Crippen LogP contribution in [0, 0.1) is 12.8 Å². The Bertz CT molecular complexity index is 294. The lowest BCUT2D eigenvalue weighted by molar-refractivity contribution is 0.177. The number of nitrogens with one attached hydrogen (secondary N) is 1. The number of ether oxygens (including phenoxy) is 1. The van der Waals surface area contributed by atoms with Gasteiger partial charge in [-0.25, -0.2) is 0 Å². The quantitative estimate of drug-likeness (QED) is 0.591. The SMILES string of the molecule is Cc1ccc(C(NN)C2CCOC2)s1. The Morgan fingerprint density at radius 1 is 1.64 bits per heavy atom. The molecule has 0 amide bonds. The number of rotatable bonds is 3. The van der Waals surface area contributed by atoms with Crippen molar-refractivity contribution in [3.8, 4) is 0 Å². The minimum atomic E-state index is 0.260. The van der Waals surface area contributed by atoms with Gasteiger partial charge in [-0.1, -0.05) is 0 Å². The maximum Gasteiger partial charge on any atom is 0.0604 e. The molecule has 1 aliphatic heterocycles. The molecule has 2 rings (SSSR count). The van der Waals surface area contributed by atoms with E-state index in [1.165, 1.54) is 9.75 Å². The van der Waals surface area contributed by atoms with Gasteiger partial charge in [0.2, 0.25) is 0 Å². The van der Waals surface area contributed by atoms with Gasteiger partial charge in [0, 0.05) is 22.3 Å². The third-order valence-corrected chi connectivity index (χ3v) is 3.77. The molecular formula is C10H16N2OS. The molecule has 1 aromatic rings. The zero-order chi connectivity index (χ0) is 9.97. The summed E-state index contributed by atoms with van der Waals surface area (Å²) in [6, 6.07) is 4.56. The van der Waals surface area contributed by atoms with Crippen LogP contribution >= 0.6 is 11.3 Å². The van der Waals surface area contributed by atoms with Crippen molar-refractivity contribution >= 4 is 11.3 Å². The molecule has 78 valence electrons. The second-order valence-corrected chi connectivity index (χ2v) is 5.04. The molecule has 2 unspecified atom stereocenters. The summed E-state index contributed by atoms with van der Waals surface area (Å²) >= 11 is 1.81. The predicted molar refractivity (Wildman–Crippen MR) is 58.0 cm³/mol. The standard InChI is InChI=1S/C10H16N2OS/c1-7-2-3-9(14-7)10(12-11)8-4-5-13-6-8/h2-3,8,10,12H,4-6,11H2,1H3. The Kier molecular flexibility index (Phi) is 3.18. The van der Waals surface area contributed by atoms with Crippen LogP contribution in [0.2, 0.25) is 0 Å². The van der Waals surface area contributed by atoms with E-state index in [0.717, 1.165) is 19.6 Å². The van der Waals surface area contributed by atoms with Crippen molar-refractivity contribution in [1.82, 2.24) is 5.43 Å². The highest BCUT2D eigenvalue weighted by atomic mass is 32.1. The van der Waals surface area contributed by atoms with Crippen molar-refractivity contribution < 1.29 is 4.74 Å². The summed E-state index contributed by atoms with van der Waals surface area (Å²) in [4.78, 5) is 2.65.